The van der Waals surface area contributed by atoms with Gasteiger partial charge in [0.2, 0.25) is 0 Å². The van der Waals surface area contributed by atoms with Gasteiger partial charge in [-0.3, -0.25) is 0 Å². The molecule has 27 heavy (non-hydrogen) atoms. The number of hydrogen-bond donors (Lipinski definition) is 1. The second kappa shape index (κ2) is 7.04. The minimum absolute atomic E-state index is 0.170. The van der Waals surface area contributed by atoms with Crippen molar-refractivity contribution in [3.05, 3.63) is 71.4 Å². The van der Waals surface area contributed by atoms with E-state index in [1.54, 1.807) is 0 Å². The largest absolute Gasteiger partial charge is 0.337 e. The fourth-order valence-electron chi connectivity index (χ4n) is 2.95. The fraction of sp³-hybridized carbons (Fsp3) is 0.143. The number of aromatic nitrogens is 2. The summed E-state index contributed by atoms with van der Waals surface area (Å²) in [6.45, 7) is 4.31. The SMILES string of the molecule is CC(C)c1ccc(-c2csc3ncnc(Nc4ccc(F)cc4F)c23)cc1. The predicted octanol–water partition coefficient (Wildman–Crippen LogP) is 6.50. The number of nitrogens with one attached hydrogen (secondary N) is 1. The summed E-state index contributed by atoms with van der Waals surface area (Å²) >= 11 is 1.51. The molecule has 0 atom stereocenters. The lowest BCUT2D eigenvalue weighted by Gasteiger charge is -2.10. The summed E-state index contributed by atoms with van der Waals surface area (Å²) in [5.74, 6) is -0.331. The number of thiophene rings is 1. The van der Waals surface area contributed by atoms with Crippen LogP contribution in [-0.2, 0) is 0 Å². The lowest BCUT2D eigenvalue weighted by Crippen LogP contribution is -1.98. The van der Waals surface area contributed by atoms with Gasteiger partial charge in [-0.05, 0) is 29.2 Å². The summed E-state index contributed by atoms with van der Waals surface area (Å²) in [6.07, 6.45) is 1.44. The van der Waals surface area contributed by atoms with Crippen LogP contribution in [0.5, 0.6) is 0 Å². The Balaban J connectivity index is 1.79. The van der Waals surface area contributed by atoms with E-state index in [4.69, 9.17) is 0 Å². The zero-order chi connectivity index (χ0) is 19.0. The van der Waals surface area contributed by atoms with E-state index in [9.17, 15) is 8.78 Å². The molecule has 1 N–H and O–H groups in total. The van der Waals surface area contributed by atoms with E-state index in [2.05, 4.69) is 53.4 Å². The Morgan fingerprint density at radius 2 is 1.78 bits per heavy atom. The molecule has 0 bridgehead atoms. The van der Waals surface area contributed by atoms with Crippen LogP contribution in [0.25, 0.3) is 21.3 Å². The molecule has 0 saturated heterocycles. The van der Waals surface area contributed by atoms with Crippen molar-refractivity contribution in [2.75, 3.05) is 5.32 Å². The number of rotatable bonds is 4. The smallest absolute Gasteiger partial charge is 0.149 e. The molecule has 2 aromatic carbocycles. The molecule has 2 heterocycles. The molecular weight excluding hydrogens is 364 g/mol. The van der Waals surface area contributed by atoms with Crippen LogP contribution >= 0.6 is 11.3 Å². The van der Waals surface area contributed by atoms with Crippen LogP contribution in [0.2, 0.25) is 0 Å². The second-order valence-electron chi connectivity index (χ2n) is 6.58. The summed E-state index contributed by atoms with van der Waals surface area (Å²) in [6, 6.07) is 11.8. The molecule has 0 unspecified atom stereocenters. The summed E-state index contributed by atoms with van der Waals surface area (Å²) < 4.78 is 27.2. The van der Waals surface area contributed by atoms with Gasteiger partial charge in [0.25, 0.3) is 0 Å². The summed E-state index contributed by atoms with van der Waals surface area (Å²) in [4.78, 5) is 9.42. The van der Waals surface area contributed by atoms with E-state index in [1.807, 2.05) is 5.38 Å². The molecule has 3 nitrogen and oxygen atoms in total. The summed E-state index contributed by atoms with van der Waals surface area (Å²) in [5.41, 5.74) is 3.46. The first-order chi connectivity index (χ1) is 13.0. The second-order valence-corrected chi connectivity index (χ2v) is 7.44. The average Bonchev–Trinajstić information content (AvgIpc) is 3.09. The van der Waals surface area contributed by atoms with Gasteiger partial charge in [-0.1, -0.05) is 38.1 Å². The van der Waals surface area contributed by atoms with Gasteiger partial charge in [0.05, 0.1) is 11.1 Å². The maximum absolute atomic E-state index is 14.1. The van der Waals surface area contributed by atoms with Crippen molar-refractivity contribution in [1.82, 2.24) is 9.97 Å². The highest BCUT2D eigenvalue weighted by Crippen LogP contribution is 2.38. The van der Waals surface area contributed by atoms with Crippen LogP contribution in [0.4, 0.5) is 20.3 Å². The molecule has 4 aromatic rings. The minimum Gasteiger partial charge on any atom is -0.337 e. The lowest BCUT2D eigenvalue weighted by atomic mass is 9.99. The standard InChI is InChI=1S/C21H17F2N3S/c1-12(2)13-3-5-14(6-4-13)16-10-27-21-19(16)20(24-11-25-21)26-18-8-7-15(22)9-17(18)23/h3-12H,1-2H3,(H,24,25,26). The monoisotopic (exact) mass is 381 g/mol. The Morgan fingerprint density at radius 1 is 1.00 bits per heavy atom. The van der Waals surface area contributed by atoms with Gasteiger partial charge in [-0.15, -0.1) is 11.3 Å². The highest BCUT2D eigenvalue weighted by molar-refractivity contribution is 7.17. The molecule has 0 fully saturated rings. The Morgan fingerprint density at radius 3 is 2.48 bits per heavy atom. The molecular formula is C21H17F2N3S. The van der Waals surface area contributed by atoms with Crippen molar-refractivity contribution in [3.8, 4) is 11.1 Å². The molecule has 0 spiro atoms. The van der Waals surface area contributed by atoms with Gasteiger partial charge in [0.15, 0.2) is 0 Å². The number of nitrogens with zero attached hydrogens (tertiary/aromatic N) is 2. The van der Waals surface area contributed by atoms with Crippen LogP contribution in [-0.4, -0.2) is 9.97 Å². The van der Waals surface area contributed by atoms with Crippen LogP contribution in [0.15, 0.2) is 54.2 Å². The summed E-state index contributed by atoms with van der Waals surface area (Å²) in [7, 11) is 0. The van der Waals surface area contributed by atoms with Crippen molar-refractivity contribution in [2.45, 2.75) is 19.8 Å². The third-order valence-electron chi connectivity index (χ3n) is 4.44. The average molecular weight is 381 g/mol. The normalized spacial score (nSPS) is 11.3. The first-order valence-electron chi connectivity index (χ1n) is 8.57. The number of anilines is 2. The van der Waals surface area contributed by atoms with Gasteiger partial charge >= 0.3 is 0 Å². The van der Waals surface area contributed by atoms with Crippen LogP contribution < -0.4 is 5.32 Å². The van der Waals surface area contributed by atoms with Crippen LogP contribution in [0, 0.1) is 11.6 Å². The van der Waals surface area contributed by atoms with E-state index < -0.39 is 11.6 Å². The molecule has 4 rings (SSSR count). The fourth-order valence-corrected chi connectivity index (χ4v) is 3.86. The van der Waals surface area contributed by atoms with E-state index in [-0.39, 0.29) is 5.69 Å². The zero-order valence-corrected chi connectivity index (χ0v) is 15.6. The molecule has 2 aromatic heterocycles. The highest BCUT2D eigenvalue weighted by atomic mass is 32.1. The van der Waals surface area contributed by atoms with Gasteiger partial charge in [0.1, 0.15) is 28.6 Å². The molecule has 0 aliphatic rings. The van der Waals surface area contributed by atoms with Gasteiger partial charge < -0.3 is 5.32 Å². The zero-order valence-electron chi connectivity index (χ0n) is 14.8. The number of benzene rings is 2. The Kier molecular flexibility index (Phi) is 4.58. The number of hydrogen-bond acceptors (Lipinski definition) is 4. The molecule has 136 valence electrons. The maximum Gasteiger partial charge on any atom is 0.149 e. The van der Waals surface area contributed by atoms with Crippen LogP contribution in [0.3, 0.4) is 0 Å². The number of fused-ring (bicyclic) bond motifs is 1. The number of halogens is 2. The lowest BCUT2D eigenvalue weighted by molar-refractivity contribution is 0.586. The Bertz CT molecular complexity index is 1100. The van der Waals surface area contributed by atoms with Crippen molar-refractivity contribution < 1.29 is 8.78 Å². The quantitative estimate of drug-likeness (QED) is 0.438. The molecule has 0 amide bonds. The van der Waals surface area contributed by atoms with Crippen molar-refractivity contribution in [2.24, 2.45) is 0 Å². The predicted molar refractivity (Wildman–Crippen MR) is 107 cm³/mol. The van der Waals surface area contributed by atoms with E-state index >= 15 is 0 Å². The van der Waals surface area contributed by atoms with Gasteiger partial charge in [-0.2, -0.15) is 0 Å². The minimum atomic E-state index is -0.667. The molecule has 6 heteroatoms. The third kappa shape index (κ3) is 3.40. The van der Waals surface area contributed by atoms with E-state index in [0.717, 1.165) is 27.4 Å². The first kappa shape index (κ1) is 17.5. The molecule has 0 aliphatic carbocycles. The molecule has 0 saturated carbocycles. The molecule has 0 radical (unpaired) electrons. The first-order valence-corrected chi connectivity index (χ1v) is 9.45. The topological polar surface area (TPSA) is 37.8 Å². The van der Waals surface area contributed by atoms with Crippen LogP contribution in [0.1, 0.15) is 25.3 Å². The van der Waals surface area contributed by atoms with Gasteiger partial charge in [-0.25, -0.2) is 18.7 Å². The maximum atomic E-state index is 14.1. The third-order valence-corrected chi connectivity index (χ3v) is 5.33. The Labute approximate surface area is 159 Å². The van der Waals surface area contributed by atoms with Gasteiger partial charge in [0, 0.05) is 17.0 Å². The van der Waals surface area contributed by atoms with E-state index in [1.165, 1.54) is 35.4 Å². The van der Waals surface area contributed by atoms with Crippen molar-refractivity contribution >= 4 is 33.1 Å². The highest BCUT2D eigenvalue weighted by Gasteiger charge is 2.15. The van der Waals surface area contributed by atoms with Crippen molar-refractivity contribution in [1.29, 1.82) is 0 Å². The summed E-state index contributed by atoms with van der Waals surface area (Å²) in [5, 5.41) is 5.83. The van der Waals surface area contributed by atoms with E-state index in [0.29, 0.717) is 11.7 Å². The van der Waals surface area contributed by atoms with Crippen molar-refractivity contribution in [3.63, 3.8) is 0 Å². The molecule has 0 aliphatic heterocycles. The Hall–Kier alpha value is -2.86.